The van der Waals surface area contributed by atoms with Crippen molar-refractivity contribution in [3.05, 3.63) is 96.8 Å². The maximum absolute atomic E-state index is 14.2. The lowest BCUT2D eigenvalue weighted by Gasteiger charge is -2.14. The van der Waals surface area contributed by atoms with Crippen molar-refractivity contribution in [1.82, 2.24) is 0 Å². The molecule has 0 fully saturated rings. The normalized spacial score (nSPS) is 11.0. The van der Waals surface area contributed by atoms with Crippen LogP contribution in [0.4, 0.5) is 10.1 Å². The third-order valence-electron chi connectivity index (χ3n) is 4.58. The Bertz CT molecular complexity index is 1200. The van der Waals surface area contributed by atoms with E-state index in [1.165, 1.54) is 12.1 Å². The van der Waals surface area contributed by atoms with Crippen molar-refractivity contribution in [3.8, 4) is 11.8 Å². The number of nitrogens with zero attached hydrogens (tertiary/aromatic N) is 1. The van der Waals surface area contributed by atoms with Gasteiger partial charge in [0.05, 0.1) is 6.61 Å². The topological polar surface area (TPSA) is 62.1 Å². The van der Waals surface area contributed by atoms with Crippen LogP contribution in [0.3, 0.4) is 0 Å². The van der Waals surface area contributed by atoms with Gasteiger partial charge in [-0.15, -0.1) is 0 Å². The SMILES string of the molecule is CCOc1cc(/C=C(\C#N)C(=O)Nc2ccc(Br)cc2)cc(I)c1Cc1ccccc1F. The summed E-state index contributed by atoms with van der Waals surface area (Å²) in [7, 11) is 0. The van der Waals surface area contributed by atoms with Crippen molar-refractivity contribution in [2.75, 3.05) is 11.9 Å². The fourth-order valence-corrected chi connectivity index (χ4v) is 4.13. The van der Waals surface area contributed by atoms with Gasteiger partial charge >= 0.3 is 0 Å². The number of nitrogens with one attached hydrogen (secondary N) is 1. The Morgan fingerprint density at radius 2 is 1.94 bits per heavy atom. The van der Waals surface area contributed by atoms with Crippen LogP contribution in [0, 0.1) is 20.7 Å². The molecule has 0 aromatic heterocycles. The summed E-state index contributed by atoms with van der Waals surface area (Å²) in [6.45, 7) is 2.30. The number of hydrogen-bond acceptors (Lipinski definition) is 3. The van der Waals surface area contributed by atoms with E-state index in [0.717, 1.165) is 13.6 Å². The molecule has 0 atom stereocenters. The number of carbonyl (C=O) groups is 1. The van der Waals surface area contributed by atoms with Crippen molar-refractivity contribution in [2.24, 2.45) is 0 Å². The molecule has 0 heterocycles. The Kier molecular flexibility index (Phi) is 8.42. The largest absolute Gasteiger partial charge is 0.494 e. The molecule has 3 aromatic carbocycles. The second kappa shape index (κ2) is 11.2. The van der Waals surface area contributed by atoms with Gasteiger partial charge in [-0.2, -0.15) is 5.26 Å². The van der Waals surface area contributed by atoms with Crippen molar-refractivity contribution in [1.29, 1.82) is 5.26 Å². The second-order valence-electron chi connectivity index (χ2n) is 6.81. The molecule has 0 aliphatic carbocycles. The Hall–Kier alpha value is -2.70. The Morgan fingerprint density at radius 1 is 1.22 bits per heavy atom. The highest BCUT2D eigenvalue weighted by Gasteiger charge is 2.15. The van der Waals surface area contributed by atoms with Gasteiger partial charge in [0, 0.05) is 25.7 Å². The first-order valence-electron chi connectivity index (χ1n) is 9.78. The number of nitriles is 1. The maximum Gasteiger partial charge on any atom is 0.266 e. The molecule has 0 saturated heterocycles. The molecule has 0 saturated carbocycles. The Balaban J connectivity index is 1.91. The van der Waals surface area contributed by atoms with E-state index in [0.29, 0.717) is 35.6 Å². The molecular weight excluding hydrogens is 586 g/mol. The molecule has 0 bridgehead atoms. The third kappa shape index (κ3) is 6.17. The highest BCUT2D eigenvalue weighted by atomic mass is 127. The lowest BCUT2D eigenvalue weighted by atomic mass is 10.0. The van der Waals surface area contributed by atoms with Gasteiger partial charge in [0.25, 0.3) is 5.91 Å². The summed E-state index contributed by atoms with van der Waals surface area (Å²) in [5.41, 5.74) is 2.63. The van der Waals surface area contributed by atoms with Crippen LogP contribution >= 0.6 is 38.5 Å². The summed E-state index contributed by atoms with van der Waals surface area (Å²) in [5.74, 6) is -0.177. The average Bonchev–Trinajstić information content (AvgIpc) is 2.77. The van der Waals surface area contributed by atoms with E-state index in [4.69, 9.17) is 4.74 Å². The third-order valence-corrected chi connectivity index (χ3v) is 6.07. The van der Waals surface area contributed by atoms with Crippen molar-refractivity contribution in [3.63, 3.8) is 0 Å². The summed E-state index contributed by atoms with van der Waals surface area (Å²) in [6, 6.07) is 19.3. The zero-order valence-corrected chi connectivity index (χ0v) is 20.9. The molecule has 7 heteroatoms. The van der Waals surface area contributed by atoms with Crippen molar-refractivity contribution < 1.29 is 13.9 Å². The number of hydrogen-bond donors (Lipinski definition) is 1. The molecule has 32 heavy (non-hydrogen) atoms. The van der Waals surface area contributed by atoms with E-state index in [2.05, 4.69) is 43.8 Å². The molecule has 0 spiro atoms. The molecule has 0 unspecified atom stereocenters. The molecule has 0 radical (unpaired) electrons. The lowest BCUT2D eigenvalue weighted by Crippen LogP contribution is -2.13. The highest BCUT2D eigenvalue weighted by Crippen LogP contribution is 2.30. The molecule has 1 amide bonds. The average molecular weight is 605 g/mol. The molecule has 0 aliphatic rings. The Labute approximate surface area is 208 Å². The van der Waals surface area contributed by atoms with Crippen molar-refractivity contribution >= 4 is 56.2 Å². The van der Waals surface area contributed by atoms with Crippen LogP contribution in [0.5, 0.6) is 5.75 Å². The number of amides is 1. The zero-order valence-electron chi connectivity index (χ0n) is 17.2. The number of anilines is 1. The monoisotopic (exact) mass is 604 g/mol. The van der Waals surface area contributed by atoms with Crippen LogP contribution in [-0.2, 0) is 11.2 Å². The molecule has 162 valence electrons. The number of ether oxygens (including phenoxy) is 1. The van der Waals surface area contributed by atoms with E-state index in [9.17, 15) is 14.4 Å². The predicted octanol–water partition coefficient (Wildman–Crippen LogP) is 6.73. The predicted molar refractivity (Wildman–Crippen MR) is 136 cm³/mol. The van der Waals surface area contributed by atoms with Crippen LogP contribution in [-0.4, -0.2) is 12.5 Å². The van der Waals surface area contributed by atoms with Crippen LogP contribution in [0.15, 0.2) is 70.7 Å². The van der Waals surface area contributed by atoms with Gasteiger partial charge in [0.2, 0.25) is 0 Å². The number of benzene rings is 3. The minimum absolute atomic E-state index is 0.0342. The number of carbonyl (C=O) groups excluding carboxylic acids is 1. The van der Waals surface area contributed by atoms with Gasteiger partial charge in [0.1, 0.15) is 23.2 Å². The quantitative estimate of drug-likeness (QED) is 0.185. The summed E-state index contributed by atoms with van der Waals surface area (Å²) in [5, 5.41) is 12.3. The van der Waals surface area contributed by atoms with Gasteiger partial charge in [-0.3, -0.25) is 4.79 Å². The Morgan fingerprint density at radius 3 is 2.59 bits per heavy atom. The summed E-state index contributed by atoms with van der Waals surface area (Å²) in [4.78, 5) is 12.6. The second-order valence-corrected chi connectivity index (χ2v) is 8.89. The summed E-state index contributed by atoms with van der Waals surface area (Å²) < 4.78 is 21.7. The van der Waals surface area contributed by atoms with E-state index >= 15 is 0 Å². The maximum atomic E-state index is 14.2. The van der Waals surface area contributed by atoms with Crippen LogP contribution in [0.1, 0.15) is 23.6 Å². The zero-order chi connectivity index (χ0) is 23.1. The van der Waals surface area contributed by atoms with Gasteiger partial charge in [-0.25, -0.2) is 4.39 Å². The lowest BCUT2D eigenvalue weighted by molar-refractivity contribution is -0.112. The van der Waals surface area contributed by atoms with Gasteiger partial charge in [0.15, 0.2) is 0 Å². The summed E-state index contributed by atoms with van der Waals surface area (Å²) in [6.07, 6.45) is 1.89. The fourth-order valence-electron chi connectivity index (χ4n) is 3.05. The van der Waals surface area contributed by atoms with E-state index < -0.39 is 5.91 Å². The number of rotatable bonds is 7. The highest BCUT2D eigenvalue weighted by molar-refractivity contribution is 14.1. The molecule has 0 aliphatic heterocycles. The van der Waals surface area contributed by atoms with Gasteiger partial charge in [-0.05, 0) is 89.2 Å². The van der Waals surface area contributed by atoms with Crippen LogP contribution in [0.25, 0.3) is 6.08 Å². The fraction of sp³-hybridized carbons (Fsp3) is 0.120. The van der Waals surface area contributed by atoms with Crippen LogP contribution in [0.2, 0.25) is 0 Å². The molecule has 1 N–H and O–H groups in total. The van der Waals surface area contributed by atoms with E-state index in [1.807, 2.05) is 19.1 Å². The number of halogens is 3. The first-order valence-corrected chi connectivity index (χ1v) is 11.7. The van der Waals surface area contributed by atoms with E-state index in [1.54, 1.807) is 48.5 Å². The van der Waals surface area contributed by atoms with Crippen LogP contribution < -0.4 is 10.1 Å². The minimum atomic E-state index is -0.502. The molecule has 3 aromatic rings. The summed E-state index contributed by atoms with van der Waals surface area (Å²) >= 11 is 5.51. The first kappa shape index (κ1) is 24.0. The van der Waals surface area contributed by atoms with Crippen molar-refractivity contribution in [2.45, 2.75) is 13.3 Å². The van der Waals surface area contributed by atoms with E-state index in [-0.39, 0.29) is 11.4 Å². The standard InChI is InChI=1S/C25H19BrFIN2O2/c1-2-32-24-13-16(12-23(28)21(24)14-17-5-3-4-6-22(17)27)11-18(15-29)25(31)30-20-9-7-19(26)8-10-20/h3-13H,2,14H2,1H3,(H,30,31)/b18-11+. The molecule has 3 rings (SSSR count). The van der Waals surface area contributed by atoms with Gasteiger partial charge < -0.3 is 10.1 Å². The molecular formula is C25H19BrFIN2O2. The van der Waals surface area contributed by atoms with Gasteiger partial charge in [-0.1, -0.05) is 34.1 Å². The smallest absolute Gasteiger partial charge is 0.266 e. The molecule has 4 nitrogen and oxygen atoms in total. The minimum Gasteiger partial charge on any atom is -0.494 e. The first-order chi connectivity index (χ1) is 15.4.